The summed E-state index contributed by atoms with van der Waals surface area (Å²) >= 11 is 0. The first-order valence-corrected chi connectivity index (χ1v) is 9.17. The van der Waals surface area contributed by atoms with Crippen molar-refractivity contribution in [1.29, 1.82) is 0 Å². The predicted molar refractivity (Wildman–Crippen MR) is 102 cm³/mol. The fraction of sp³-hybridized carbons (Fsp3) is 0.455. The largest absolute Gasteiger partial charge is 0.496 e. The van der Waals surface area contributed by atoms with Crippen LogP contribution < -0.4 is 10.1 Å². The van der Waals surface area contributed by atoms with Crippen molar-refractivity contribution in [2.24, 2.45) is 5.92 Å². The number of hydrogen-bond acceptors (Lipinski definition) is 3. The minimum Gasteiger partial charge on any atom is -0.496 e. The molecular formula is C22H29NO2. The summed E-state index contributed by atoms with van der Waals surface area (Å²) in [7, 11) is 1.77. The van der Waals surface area contributed by atoms with E-state index in [1.807, 2.05) is 0 Å². The maximum Gasteiger partial charge on any atom is 0.122 e. The first-order chi connectivity index (χ1) is 12.1. The summed E-state index contributed by atoms with van der Waals surface area (Å²) < 4.78 is 5.72. The highest BCUT2D eigenvalue weighted by molar-refractivity contribution is 5.48. The Bertz CT molecular complexity index is 726. The summed E-state index contributed by atoms with van der Waals surface area (Å²) in [5.41, 5.74) is 6.77. The molecule has 25 heavy (non-hydrogen) atoms. The Morgan fingerprint density at radius 2 is 1.96 bits per heavy atom. The lowest BCUT2D eigenvalue weighted by atomic mass is 9.96. The van der Waals surface area contributed by atoms with Crippen molar-refractivity contribution in [3.63, 3.8) is 0 Å². The lowest BCUT2D eigenvalue weighted by molar-refractivity contribution is 0.292. The van der Waals surface area contributed by atoms with E-state index in [2.05, 4.69) is 55.6 Å². The van der Waals surface area contributed by atoms with Gasteiger partial charge in [0.25, 0.3) is 0 Å². The van der Waals surface area contributed by atoms with Crippen molar-refractivity contribution >= 4 is 0 Å². The molecule has 2 unspecified atom stereocenters. The normalized spacial score (nSPS) is 19.0. The van der Waals surface area contributed by atoms with Crippen LogP contribution in [-0.4, -0.2) is 25.4 Å². The predicted octanol–water partition coefficient (Wildman–Crippen LogP) is 3.74. The van der Waals surface area contributed by atoms with Crippen LogP contribution in [0, 0.1) is 19.8 Å². The van der Waals surface area contributed by atoms with Crippen LogP contribution in [0.5, 0.6) is 5.75 Å². The molecule has 3 nitrogen and oxygen atoms in total. The average molecular weight is 339 g/mol. The van der Waals surface area contributed by atoms with Gasteiger partial charge in [-0.05, 0) is 66.8 Å². The van der Waals surface area contributed by atoms with Gasteiger partial charge in [-0.1, -0.05) is 30.3 Å². The second-order valence-electron chi connectivity index (χ2n) is 7.16. The van der Waals surface area contributed by atoms with Crippen LogP contribution in [-0.2, 0) is 13.0 Å². The molecule has 0 radical (unpaired) electrons. The number of aliphatic hydroxyl groups excluding tert-OH is 1. The van der Waals surface area contributed by atoms with E-state index in [-0.39, 0.29) is 6.61 Å². The molecule has 0 heterocycles. The molecule has 1 fully saturated rings. The Hall–Kier alpha value is -1.84. The molecule has 2 aromatic carbocycles. The molecule has 2 N–H and O–H groups in total. The number of aliphatic hydroxyl groups is 1. The van der Waals surface area contributed by atoms with Crippen LogP contribution in [0.1, 0.15) is 40.2 Å². The lowest BCUT2D eigenvalue weighted by Gasteiger charge is -2.15. The smallest absolute Gasteiger partial charge is 0.122 e. The number of methoxy groups -OCH3 is 1. The molecule has 3 rings (SSSR count). The van der Waals surface area contributed by atoms with Gasteiger partial charge in [-0.3, -0.25) is 0 Å². The molecule has 0 aromatic heterocycles. The summed E-state index contributed by atoms with van der Waals surface area (Å²) in [6.45, 7) is 5.93. The van der Waals surface area contributed by atoms with Crippen molar-refractivity contribution in [2.75, 3.05) is 20.3 Å². The minimum atomic E-state index is 0.164. The number of aryl methyl sites for hydroxylation is 2. The van der Waals surface area contributed by atoms with Gasteiger partial charge in [-0.2, -0.15) is 0 Å². The van der Waals surface area contributed by atoms with Gasteiger partial charge < -0.3 is 15.2 Å². The maximum atomic E-state index is 8.91. The summed E-state index contributed by atoms with van der Waals surface area (Å²) in [6, 6.07) is 13.1. The molecule has 0 spiro atoms. The zero-order valence-electron chi connectivity index (χ0n) is 15.5. The highest BCUT2D eigenvalue weighted by Crippen LogP contribution is 2.53. The quantitative estimate of drug-likeness (QED) is 0.720. The van der Waals surface area contributed by atoms with E-state index in [0.29, 0.717) is 18.4 Å². The summed E-state index contributed by atoms with van der Waals surface area (Å²) in [5, 5.41) is 12.1. The Kier molecular flexibility index (Phi) is 5.77. The maximum absolute atomic E-state index is 8.91. The molecule has 1 saturated carbocycles. The van der Waals surface area contributed by atoms with E-state index >= 15 is 0 Å². The van der Waals surface area contributed by atoms with E-state index in [0.717, 1.165) is 18.7 Å². The Labute approximate surface area is 151 Å². The SMILES string of the molecule is COc1cc(CNCCO)cc(C)c1C1CC1Cc1ccccc1C. The van der Waals surface area contributed by atoms with Crippen molar-refractivity contribution in [3.05, 3.63) is 64.2 Å². The third-order valence-electron chi connectivity index (χ3n) is 5.28. The second kappa shape index (κ2) is 8.03. The molecule has 2 atom stereocenters. The van der Waals surface area contributed by atoms with Crippen LogP contribution in [0.2, 0.25) is 0 Å². The van der Waals surface area contributed by atoms with Gasteiger partial charge in [0.15, 0.2) is 0 Å². The molecular weight excluding hydrogens is 310 g/mol. The first kappa shape index (κ1) is 18.0. The van der Waals surface area contributed by atoms with Gasteiger partial charge in [0.2, 0.25) is 0 Å². The highest BCUT2D eigenvalue weighted by atomic mass is 16.5. The third kappa shape index (κ3) is 4.23. The minimum absolute atomic E-state index is 0.164. The monoisotopic (exact) mass is 339 g/mol. The Morgan fingerprint density at radius 1 is 1.16 bits per heavy atom. The van der Waals surface area contributed by atoms with Gasteiger partial charge in [0, 0.05) is 18.7 Å². The Morgan fingerprint density at radius 3 is 2.68 bits per heavy atom. The van der Waals surface area contributed by atoms with Crippen molar-refractivity contribution < 1.29 is 9.84 Å². The fourth-order valence-electron chi connectivity index (χ4n) is 3.84. The van der Waals surface area contributed by atoms with E-state index in [1.165, 1.54) is 34.2 Å². The zero-order chi connectivity index (χ0) is 17.8. The van der Waals surface area contributed by atoms with Crippen LogP contribution >= 0.6 is 0 Å². The second-order valence-corrected chi connectivity index (χ2v) is 7.16. The lowest BCUT2D eigenvalue weighted by Crippen LogP contribution is -2.17. The number of nitrogens with one attached hydrogen (secondary N) is 1. The van der Waals surface area contributed by atoms with Crippen LogP contribution in [0.15, 0.2) is 36.4 Å². The van der Waals surface area contributed by atoms with E-state index in [4.69, 9.17) is 9.84 Å². The molecule has 1 aliphatic carbocycles. The summed E-state index contributed by atoms with van der Waals surface area (Å²) in [4.78, 5) is 0. The van der Waals surface area contributed by atoms with E-state index in [9.17, 15) is 0 Å². The van der Waals surface area contributed by atoms with Gasteiger partial charge in [-0.15, -0.1) is 0 Å². The van der Waals surface area contributed by atoms with Gasteiger partial charge in [-0.25, -0.2) is 0 Å². The molecule has 3 heteroatoms. The van der Waals surface area contributed by atoms with Gasteiger partial charge in [0.1, 0.15) is 5.75 Å². The third-order valence-corrected chi connectivity index (χ3v) is 5.28. The van der Waals surface area contributed by atoms with E-state index < -0.39 is 0 Å². The van der Waals surface area contributed by atoms with Gasteiger partial charge >= 0.3 is 0 Å². The standard InChI is InChI=1S/C22H29NO2/c1-15-6-4-5-7-18(15)12-19-13-20(19)22-16(2)10-17(11-21(22)25-3)14-23-8-9-24/h4-7,10-11,19-20,23-24H,8-9,12-14H2,1-3H3. The fourth-order valence-corrected chi connectivity index (χ4v) is 3.84. The summed E-state index contributed by atoms with van der Waals surface area (Å²) in [5.74, 6) is 2.33. The number of rotatable bonds is 8. The molecule has 1 aliphatic rings. The number of hydrogen-bond donors (Lipinski definition) is 2. The number of ether oxygens (including phenoxy) is 1. The highest BCUT2D eigenvalue weighted by Gasteiger charge is 2.40. The topological polar surface area (TPSA) is 41.5 Å². The van der Waals surface area contributed by atoms with E-state index in [1.54, 1.807) is 7.11 Å². The van der Waals surface area contributed by atoms with Crippen LogP contribution in [0.4, 0.5) is 0 Å². The van der Waals surface area contributed by atoms with Crippen molar-refractivity contribution in [2.45, 2.75) is 39.2 Å². The molecule has 0 aliphatic heterocycles. The molecule has 134 valence electrons. The van der Waals surface area contributed by atoms with Crippen molar-refractivity contribution in [3.8, 4) is 5.75 Å². The van der Waals surface area contributed by atoms with Crippen molar-refractivity contribution in [1.82, 2.24) is 5.32 Å². The zero-order valence-corrected chi connectivity index (χ0v) is 15.5. The first-order valence-electron chi connectivity index (χ1n) is 9.17. The average Bonchev–Trinajstić information content (AvgIpc) is 3.35. The summed E-state index contributed by atoms with van der Waals surface area (Å²) in [6.07, 6.45) is 2.40. The van der Waals surface area contributed by atoms with Crippen LogP contribution in [0.3, 0.4) is 0 Å². The number of benzene rings is 2. The molecule has 0 bridgehead atoms. The van der Waals surface area contributed by atoms with Crippen LogP contribution in [0.25, 0.3) is 0 Å². The Balaban J connectivity index is 1.73. The molecule has 2 aromatic rings. The van der Waals surface area contributed by atoms with Gasteiger partial charge in [0.05, 0.1) is 13.7 Å². The molecule has 0 amide bonds. The molecule has 0 saturated heterocycles.